The van der Waals surface area contributed by atoms with Crippen LogP contribution in [0.1, 0.15) is 40.5 Å². The third-order valence-electron chi connectivity index (χ3n) is 2.39. The molecule has 5 heteroatoms. The molecule has 1 unspecified atom stereocenters. The average Bonchev–Trinajstić information content (AvgIpc) is 2.25. The van der Waals surface area contributed by atoms with Crippen LogP contribution in [-0.2, 0) is 14.3 Å². The van der Waals surface area contributed by atoms with Gasteiger partial charge in [-0.25, -0.2) is 0 Å². The molecule has 0 aliphatic carbocycles. The quantitative estimate of drug-likeness (QED) is 0.639. The second-order valence-electron chi connectivity index (χ2n) is 5.13. The van der Waals surface area contributed by atoms with E-state index in [-0.39, 0.29) is 24.0 Å². The van der Waals surface area contributed by atoms with Crippen molar-refractivity contribution in [2.45, 2.75) is 52.6 Å². The van der Waals surface area contributed by atoms with Gasteiger partial charge in [0.15, 0.2) is 0 Å². The fraction of sp³-hybridized carbons (Fsp3) is 0.846. The van der Waals surface area contributed by atoms with Crippen LogP contribution >= 0.6 is 0 Å². The Hall–Kier alpha value is -1.10. The van der Waals surface area contributed by atoms with Gasteiger partial charge in [0.1, 0.15) is 6.04 Å². The molecule has 1 atom stereocenters. The lowest BCUT2D eigenvalue weighted by molar-refractivity contribution is -0.143. The van der Waals surface area contributed by atoms with Crippen molar-refractivity contribution in [3.63, 3.8) is 0 Å². The van der Waals surface area contributed by atoms with E-state index in [1.165, 1.54) is 7.11 Å². The highest BCUT2D eigenvalue weighted by Crippen LogP contribution is 2.06. The van der Waals surface area contributed by atoms with Gasteiger partial charge in [-0.2, -0.15) is 0 Å². The molecule has 0 saturated carbocycles. The number of hydrogen-bond acceptors (Lipinski definition) is 4. The fourth-order valence-corrected chi connectivity index (χ4v) is 1.63. The number of nitrogens with one attached hydrogen (secondary N) is 2. The Balaban J connectivity index is 4.03. The van der Waals surface area contributed by atoms with Crippen molar-refractivity contribution in [1.29, 1.82) is 0 Å². The minimum atomic E-state index is -0.332. The summed E-state index contributed by atoms with van der Waals surface area (Å²) in [6, 6.07) is -0.189. The Morgan fingerprint density at radius 2 is 1.78 bits per heavy atom. The van der Waals surface area contributed by atoms with Crippen LogP contribution in [0.4, 0.5) is 0 Å². The van der Waals surface area contributed by atoms with E-state index in [0.717, 1.165) is 0 Å². The van der Waals surface area contributed by atoms with E-state index in [1.807, 2.05) is 27.7 Å². The molecule has 18 heavy (non-hydrogen) atoms. The van der Waals surface area contributed by atoms with Gasteiger partial charge in [0.05, 0.1) is 7.11 Å². The summed E-state index contributed by atoms with van der Waals surface area (Å²) in [7, 11) is 1.38. The van der Waals surface area contributed by atoms with Gasteiger partial charge in [0.25, 0.3) is 0 Å². The van der Waals surface area contributed by atoms with Crippen LogP contribution in [0.5, 0.6) is 0 Å². The van der Waals surface area contributed by atoms with Crippen molar-refractivity contribution >= 4 is 11.9 Å². The van der Waals surface area contributed by atoms with E-state index in [0.29, 0.717) is 25.3 Å². The number of carbonyl (C=O) groups is 2. The summed E-state index contributed by atoms with van der Waals surface area (Å²) in [6.07, 6.45) is 1.07. The summed E-state index contributed by atoms with van der Waals surface area (Å²) in [4.78, 5) is 22.9. The molecule has 0 aliphatic heterocycles. The van der Waals surface area contributed by atoms with Gasteiger partial charge in [-0.3, -0.25) is 9.59 Å². The molecule has 5 nitrogen and oxygen atoms in total. The van der Waals surface area contributed by atoms with Crippen LogP contribution in [-0.4, -0.2) is 37.6 Å². The maximum atomic E-state index is 11.5. The van der Waals surface area contributed by atoms with Crippen LogP contribution in [0.2, 0.25) is 0 Å². The molecular weight excluding hydrogens is 232 g/mol. The fourth-order valence-electron chi connectivity index (χ4n) is 1.63. The number of hydrogen-bond donors (Lipinski definition) is 2. The molecule has 0 spiro atoms. The van der Waals surface area contributed by atoms with Gasteiger partial charge in [-0.15, -0.1) is 0 Å². The maximum Gasteiger partial charge on any atom is 0.322 e. The SMILES string of the molecule is COC(=O)C(CC(C)C)NCCC(=O)NC(C)C. The molecule has 0 heterocycles. The van der Waals surface area contributed by atoms with E-state index < -0.39 is 0 Å². The van der Waals surface area contributed by atoms with Gasteiger partial charge in [0, 0.05) is 19.0 Å². The van der Waals surface area contributed by atoms with Gasteiger partial charge in [-0.05, 0) is 26.2 Å². The molecule has 0 aromatic heterocycles. The van der Waals surface area contributed by atoms with Crippen molar-refractivity contribution < 1.29 is 14.3 Å². The number of methoxy groups -OCH3 is 1. The summed E-state index contributed by atoms with van der Waals surface area (Å²) in [5.74, 6) is 0.115. The van der Waals surface area contributed by atoms with Crippen molar-refractivity contribution in [2.75, 3.05) is 13.7 Å². The van der Waals surface area contributed by atoms with Crippen LogP contribution in [0.15, 0.2) is 0 Å². The Morgan fingerprint density at radius 1 is 1.17 bits per heavy atom. The first kappa shape index (κ1) is 16.9. The smallest absolute Gasteiger partial charge is 0.322 e. The number of esters is 1. The van der Waals surface area contributed by atoms with E-state index in [4.69, 9.17) is 4.74 Å². The predicted molar refractivity (Wildman–Crippen MR) is 71.2 cm³/mol. The van der Waals surface area contributed by atoms with E-state index in [1.54, 1.807) is 0 Å². The van der Waals surface area contributed by atoms with E-state index in [2.05, 4.69) is 10.6 Å². The Labute approximate surface area is 110 Å². The Kier molecular flexibility index (Phi) is 8.37. The standard InChI is InChI=1S/C13H26N2O3/c1-9(2)8-11(13(17)18-5)14-7-6-12(16)15-10(3)4/h9-11,14H,6-8H2,1-5H3,(H,15,16). The topological polar surface area (TPSA) is 67.4 Å². The zero-order valence-corrected chi connectivity index (χ0v) is 12.1. The van der Waals surface area contributed by atoms with E-state index >= 15 is 0 Å². The summed E-state index contributed by atoms with van der Waals surface area (Å²) in [6.45, 7) is 8.40. The lowest BCUT2D eigenvalue weighted by Crippen LogP contribution is -2.41. The Bertz CT molecular complexity index is 265. The second kappa shape index (κ2) is 8.91. The first-order valence-electron chi connectivity index (χ1n) is 6.47. The second-order valence-corrected chi connectivity index (χ2v) is 5.13. The number of carbonyl (C=O) groups excluding carboxylic acids is 2. The summed E-state index contributed by atoms with van der Waals surface area (Å²) >= 11 is 0. The summed E-state index contributed by atoms with van der Waals surface area (Å²) < 4.78 is 4.73. The molecule has 0 rings (SSSR count). The number of ether oxygens (including phenoxy) is 1. The number of rotatable bonds is 8. The highest BCUT2D eigenvalue weighted by atomic mass is 16.5. The van der Waals surface area contributed by atoms with Crippen LogP contribution in [0.25, 0.3) is 0 Å². The van der Waals surface area contributed by atoms with Gasteiger partial charge in [-0.1, -0.05) is 13.8 Å². The first-order valence-corrected chi connectivity index (χ1v) is 6.47. The normalized spacial score (nSPS) is 12.6. The third-order valence-corrected chi connectivity index (χ3v) is 2.39. The molecule has 0 aliphatic rings. The Morgan fingerprint density at radius 3 is 2.22 bits per heavy atom. The largest absolute Gasteiger partial charge is 0.468 e. The number of amides is 1. The highest BCUT2D eigenvalue weighted by Gasteiger charge is 2.19. The van der Waals surface area contributed by atoms with Gasteiger partial charge in [0.2, 0.25) is 5.91 Å². The van der Waals surface area contributed by atoms with Crippen LogP contribution in [0, 0.1) is 5.92 Å². The lowest BCUT2D eigenvalue weighted by atomic mass is 10.0. The molecule has 0 aromatic carbocycles. The van der Waals surface area contributed by atoms with Crippen molar-refractivity contribution in [2.24, 2.45) is 5.92 Å². The van der Waals surface area contributed by atoms with Crippen molar-refractivity contribution in [3.05, 3.63) is 0 Å². The van der Waals surface area contributed by atoms with Crippen LogP contribution in [0.3, 0.4) is 0 Å². The third kappa shape index (κ3) is 8.06. The average molecular weight is 258 g/mol. The molecule has 0 saturated heterocycles. The van der Waals surface area contributed by atoms with Gasteiger partial charge < -0.3 is 15.4 Å². The highest BCUT2D eigenvalue weighted by molar-refractivity contribution is 5.77. The molecule has 0 bridgehead atoms. The lowest BCUT2D eigenvalue weighted by Gasteiger charge is -2.18. The molecule has 0 fully saturated rings. The molecule has 2 N–H and O–H groups in total. The maximum absolute atomic E-state index is 11.5. The van der Waals surface area contributed by atoms with Crippen molar-refractivity contribution in [1.82, 2.24) is 10.6 Å². The van der Waals surface area contributed by atoms with E-state index in [9.17, 15) is 9.59 Å². The molecular formula is C13H26N2O3. The zero-order chi connectivity index (χ0) is 14.1. The molecule has 1 amide bonds. The van der Waals surface area contributed by atoms with Gasteiger partial charge >= 0.3 is 5.97 Å². The molecule has 0 radical (unpaired) electrons. The molecule has 0 aromatic rings. The summed E-state index contributed by atoms with van der Waals surface area (Å²) in [5, 5.41) is 5.88. The minimum Gasteiger partial charge on any atom is -0.468 e. The van der Waals surface area contributed by atoms with Crippen molar-refractivity contribution in [3.8, 4) is 0 Å². The predicted octanol–water partition coefficient (Wildman–Crippen LogP) is 1.08. The monoisotopic (exact) mass is 258 g/mol. The first-order chi connectivity index (χ1) is 8.36. The zero-order valence-electron chi connectivity index (χ0n) is 12.1. The molecule has 106 valence electrons. The van der Waals surface area contributed by atoms with Crippen LogP contribution < -0.4 is 10.6 Å². The minimum absolute atomic E-state index is 0.00865. The summed E-state index contributed by atoms with van der Waals surface area (Å²) in [5.41, 5.74) is 0.